The van der Waals surface area contributed by atoms with E-state index in [1.807, 2.05) is 0 Å². The van der Waals surface area contributed by atoms with E-state index in [0.29, 0.717) is 12.0 Å². The second-order valence-electron chi connectivity index (χ2n) is 3.73. The average Bonchev–Trinajstić information content (AvgIpc) is 2.38. The molecule has 1 aliphatic carbocycles. The minimum atomic E-state index is -3.83. The van der Waals surface area contributed by atoms with Crippen LogP contribution in [-0.4, -0.2) is 19.6 Å². The van der Waals surface area contributed by atoms with Gasteiger partial charge in [-0.25, -0.2) is 4.39 Å². The zero-order valence-corrected chi connectivity index (χ0v) is 10.3. The molecule has 0 saturated carbocycles. The zero-order valence-electron chi connectivity index (χ0n) is 9.45. The first kappa shape index (κ1) is 12.6. The van der Waals surface area contributed by atoms with Crippen LogP contribution in [0.5, 0.6) is 0 Å². The van der Waals surface area contributed by atoms with Crippen molar-refractivity contribution in [1.82, 2.24) is 4.98 Å². The quantitative estimate of drug-likeness (QED) is 0.789. The van der Waals surface area contributed by atoms with E-state index in [1.54, 1.807) is 18.3 Å². The average molecular weight is 266 g/mol. The van der Waals surface area contributed by atoms with Gasteiger partial charge >= 0.3 is 0 Å². The summed E-state index contributed by atoms with van der Waals surface area (Å²) in [5.74, 6) is -0.437. The number of pyridine rings is 1. The summed E-state index contributed by atoms with van der Waals surface area (Å²) in [5, 5.41) is 0. The Labute approximate surface area is 105 Å². The Kier molecular flexibility index (Phi) is 3.66. The molecule has 18 heavy (non-hydrogen) atoms. The fourth-order valence-electron chi connectivity index (χ4n) is 1.46. The Bertz CT molecular complexity index is 619. The van der Waals surface area contributed by atoms with Crippen LogP contribution in [-0.2, 0) is 10.0 Å². The van der Waals surface area contributed by atoms with Crippen LogP contribution in [0.2, 0.25) is 0 Å². The number of hydrogen-bond acceptors (Lipinski definition) is 3. The highest BCUT2D eigenvalue weighted by Gasteiger charge is 2.17. The fraction of sp³-hybridized carbons (Fsp3) is 0.167. The number of nitrogens with zero attached hydrogens (tertiary/aromatic N) is 2. The van der Waals surface area contributed by atoms with Crippen molar-refractivity contribution in [3.8, 4) is 0 Å². The van der Waals surface area contributed by atoms with Gasteiger partial charge in [0, 0.05) is 30.6 Å². The largest absolute Gasteiger partial charge is 0.282 e. The standard InChI is InChI=1S/C12H11FN2O2S/c13-11-4-1-5-12(7-11)18(16,17)15-9-10-3-2-6-14-8-10/h2-3,5-9H,1,4H2/b15-9+. The molecule has 4 nitrogen and oxygen atoms in total. The van der Waals surface area contributed by atoms with Gasteiger partial charge in [-0.1, -0.05) is 12.1 Å². The van der Waals surface area contributed by atoms with Crippen LogP contribution in [0.1, 0.15) is 18.4 Å². The van der Waals surface area contributed by atoms with Gasteiger partial charge in [0.1, 0.15) is 5.83 Å². The summed E-state index contributed by atoms with van der Waals surface area (Å²) in [6.45, 7) is 0. The van der Waals surface area contributed by atoms with Gasteiger partial charge in [0.15, 0.2) is 0 Å². The highest BCUT2D eigenvalue weighted by molar-refractivity contribution is 7.94. The maximum Gasteiger partial charge on any atom is 0.282 e. The molecule has 0 N–H and O–H groups in total. The summed E-state index contributed by atoms with van der Waals surface area (Å²) in [7, 11) is -3.83. The molecule has 0 radical (unpaired) electrons. The van der Waals surface area contributed by atoms with Crippen molar-refractivity contribution < 1.29 is 12.8 Å². The minimum absolute atomic E-state index is 0.0913. The van der Waals surface area contributed by atoms with Crippen LogP contribution >= 0.6 is 0 Å². The molecule has 0 aliphatic heterocycles. The van der Waals surface area contributed by atoms with Gasteiger partial charge in [-0.15, -0.1) is 0 Å². The van der Waals surface area contributed by atoms with Gasteiger partial charge in [0.2, 0.25) is 0 Å². The molecule has 2 rings (SSSR count). The van der Waals surface area contributed by atoms with Crippen LogP contribution < -0.4 is 0 Å². The Morgan fingerprint density at radius 2 is 2.28 bits per heavy atom. The number of hydrogen-bond donors (Lipinski definition) is 0. The monoisotopic (exact) mass is 266 g/mol. The second-order valence-corrected chi connectivity index (χ2v) is 5.36. The van der Waals surface area contributed by atoms with E-state index >= 15 is 0 Å². The third kappa shape index (κ3) is 3.10. The molecule has 0 atom stereocenters. The molecule has 0 fully saturated rings. The molecule has 0 spiro atoms. The van der Waals surface area contributed by atoms with E-state index in [1.165, 1.54) is 18.5 Å². The molecule has 6 heteroatoms. The fourth-order valence-corrected chi connectivity index (χ4v) is 2.45. The predicted molar refractivity (Wildman–Crippen MR) is 67.3 cm³/mol. The predicted octanol–water partition coefficient (Wildman–Crippen LogP) is 2.36. The lowest BCUT2D eigenvalue weighted by Gasteiger charge is -2.05. The molecule has 1 heterocycles. The van der Waals surface area contributed by atoms with Crippen LogP contribution in [0.3, 0.4) is 0 Å². The van der Waals surface area contributed by atoms with E-state index in [4.69, 9.17) is 0 Å². The van der Waals surface area contributed by atoms with Crippen molar-refractivity contribution in [3.63, 3.8) is 0 Å². The van der Waals surface area contributed by atoms with Crippen LogP contribution in [0, 0.1) is 0 Å². The first-order chi connectivity index (χ1) is 8.58. The topological polar surface area (TPSA) is 59.4 Å². The molecular weight excluding hydrogens is 255 g/mol. The van der Waals surface area contributed by atoms with Crippen molar-refractivity contribution in [2.24, 2.45) is 4.40 Å². The Morgan fingerprint density at radius 3 is 2.94 bits per heavy atom. The SMILES string of the molecule is O=S(=O)(/N=C/c1cccnc1)C1=CCCC(F)=C1. The maximum absolute atomic E-state index is 13.0. The number of halogens is 1. The van der Waals surface area contributed by atoms with Crippen molar-refractivity contribution >= 4 is 16.2 Å². The molecule has 0 aromatic carbocycles. The lowest BCUT2D eigenvalue weighted by molar-refractivity contribution is 0.581. The van der Waals surface area contributed by atoms with Crippen LogP contribution in [0.4, 0.5) is 4.39 Å². The highest BCUT2D eigenvalue weighted by Crippen LogP contribution is 2.22. The maximum atomic E-state index is 13.0. The molecule has 0 bridgehead atoms. The summed E-state index contributed by atoms with van der Waals surface area (Å²) < 4.78 is 40.1. The molecular formula is C12H11FN2O2S. The van der Waals surface area contributed by atoms with Crippen molar-refractivity contribution in [2.75, 3.05) is 0 Å². The van der Waals surface area contributed by atoms with Crippen LogP contribution in [0.15, 0.2) is 51.8 Å². The molecule has 1 aromatic rings. The summed E-state index contributed by atoms with van der Waals surface area (Å²) in [5.41, 5.74) is 0.571. The normalized spacial score (nSPS) is 16.5. The van der Waals surface area contributed by atoms with E-state index in [-0.39, 0.29) is 11.3 Å². The first-order valence-corrected chi connectivity index (χ1v) is 6.78. The molecule has 1 aliphatic rings. The lowest BCUT2D eigenvalue weighted by atomic mass is 10.2. The summed E-state index contributed by atoms with van der Waals surface area (Å²) in [4.78, 5) is 3.75. The van der Waals surface area contributed by atoms with Gasteiger partial charge in [0.25, 0.3) is 10.0 Å². The Balaban J connectivity index is 2.23. The summed E-state index contributed by atoms with van der Waals surface area (Å²) in [6.07, 6.45) is 7.37. The third-order valence-electron chi connectivity index (χ3n) is 2.35. The Hall–Kier alpha value is -1.82. The van der Waals surface area contributed by atoms with Gasteiger partial charge in [0.05, 0.1) is 4.91 Å². The molecule has 0 amide bonds. The van der Waals surface area contributed by atoms with Gasteiger partial charge in [-0.05, 0) is 18.6 Å². The molecule has 1 aromatic heterocycles. The molecule has 0 unspecified atom stereocenters. The Morgan fingerprint density at radius 1 is 1.44 bits per heavy atom. The smallest absolute Gasteiger partial charge is 0.264 e. The van der Waals surface area contributed by atoms with Gasteiger partial charge in [-0.2, -0.15) is 12.8 Å². The van der Waals surface area contributed by atoms with E-state index in [9.17, 15) is 12.8 Å². The van der Waals surface area contributed by atoms with Crippen LogP contribution in [0.25, 0.3) is 0 Å². The summed E-state index contributed by atoms with van der Waals surface area (Å²) >= 11 is 0. The van der Waals surface area contributed by atoms with Crippen molar-refractivity contribution in [2.45, 2.75) is 12.8 Å². The third-order valence-corrected chi connectivity index (χ3v) is 3.61. The van der Waals surface area contributed by atoms with E-state index < -0.39 is 15.9 Å². The van der Waals surface area contributed by atoms with Gasteiger partial charge < -0.3 is 0 Å². The number of aromatic nitrogens is 1. The first-order valence-electron chi connectivity index (χ1n) is 5.34. The minimum Gasteiger partial charge on any atom is -0.264 e. The molecule has 0 saturated heterocycles. The lowest BCUT2D eigenvalue weighted by Crippen LogP contribution is -2.02. The molecule has 94 valence electrons. The highest BCUT2D eigenvalue weighted by atomic mass is 32.2. The number of sulfonamides is 1. The van der Waals surface area contributed by atoms with E-state index in [2.05, 4.69) is 9.38 Å². The van der Waals surface area contributed by atoms with Crippen molar-refractivity contribution in [3.05, 3.63) is 53.0 Å². The van der Waals surface area contributed by atoms with E-state index in [0.717, 1.165) is 6.08 Å². The second kappa shape index (κ2) is 5.22. The van der Waals surface area contributed by atoms with Gasteiger partial charge in [-0.3, -0.25) is 4.98 Å². The number of allylic oxidation sites excluding steroid dienone is 3. The number of rotatable bonds is 3. The summed E-state index contributed by atoms with van der Waals surface area (Å²) in [6, 6.07) is 3.35. The zero-order chi connectivity index (χ0) is 13.0. The van der Waals surface area contributed by atoms with Crippen molar-refractivity contribution in [1.29, 1.82) is 0 Å².